The molecule has 0 aliphatic carbocycles. The van der Waals surface area contributed by atoms with Gasteiger partial charge in [0.05, 0.1) is 0 Å². The molecule has 0 heterocycles. The Morgan fingerprint density at radius 2 is 1.72 bits per heavy atom. The van der Waals surface area contributed by atoms with Crippen LogP contribution in [-0.4, -0.2) is 6.61 Å². The summed E-state index contributed by atoms with van der Waals surface area (Å²) < 4.78 is 5.18. The molecule has 2 rings (SSSR count). The number of hydrogen-bond acceptors (Lipinski definition) is 3. The predicted octanol–water partition coefficient (Wildman–Crippen LogP) is 3.20. The average Bonchev–Trinajstić information content (AvgIpc) is 2.45. The quantitative estimate of drug-likeness (QED) is 0.870. The van der Waals surface area contributed by atoms with Gasteiger partial charge in [-0.15, -0.1) is 0 Å². The van der Waals surface area contributed by atoms with Crippen LogP contribution in [0.25, 0.3) is 0 Å². The smallest absolute Gasteiger partial charge is 0.174 e. The van der Waals surface area contributed by atoms with Crippen LogP contribution < -0.4 is 10.1 Å². The van der Waals surface area contributed by atoms with Gasteiger partial charge in [-0.25, -0.2) is 0 Å². The second-order valence-electron chi connectivity index (χ2n) is 3.81. The van der Waals surface area contributed by atoms with Crippen molar-refractivity contribution >= 4 is 5.69 Å². The molecule has 0 unspecified atom stereocenters. The minimum absolute atomic E-state index is 0.0801. The maximum atomic E-state index is 8.41. The van der Waals surface area contributed by atoms with Crippen LogP contribution in [0.15, 0.2) is 54.6 Å². The Balaban J connectivity index is 1.89. The summed E-state index contributed by atoms with van der Waals surface area (Å²) in [6, 6.07) is 19.7. The highest BCUT2D eigenvalue weighted by Crippen LogP contribution is 2.16. The fourth-order valence-electron chi connectivity index (χ4n) is 1.58. The Bertz CT molecular complexity index is 514. The number of benzene rings is 2. The fraction of sp³-hybridized carbons (Fsp3) is 0.133. The zero-order valence-electron chi connectivity index (χ0n) is 9.97. The van der Waals surface area contributed by atoms with Crippen molar-refractivity contribution in [2.45, 2.75) is 6.54 Å². The second kappa shape index (κ2) is 6.31. The SMILES string of the molecule is N#CCOc1ccc(NCc2ccccc2)cc1. The highest BCUT2D eigenvalue weighted by molar-refractivity contribution is 5.46. The van der Waals surface area contributed by atoms with Crippen molar-refractivity contribution in [1.29, 1.82) is 5.26 Å². The van der Waals surface area contributed by atoms with E-state index in [-0.39, 0.29) is 6.61 Å². The zero-order valence-corrected chi connectivity index (χ0v) is 9.97. The molecule has 0 bridgehead atoms. The van der Waals surface area contributed by atoms with Crippen LogP contribution in [0.5, 0.6) is 5.75 Å². The maximum absolute atomic E-state index is 8.41. The van der Waals surface area contributed by atoms with E-state index in [9.17, 15) is 0 Å². The van der Waals surface area contributed by atoms with Gasteiger partial charge in [0.1, 0.15) is 11.8 Å². The fourth-order valence-corrected chi connectivity index (χ4v) is 1.58. The van der Waals surface area contributed by atoms with Gasteiger partial charge in [-0.2, -0.15) is 5.26 Å². The highest BCUT2D eigenvalue weighted by Gasteiger charge is 1.95. The van der Waals surface area contributed by atoms with E-state index in [0.717, 1.165) is 12.2 Å². The number of nitrogens with zero attached hydrogens (tertiary/aromatic N) is 1. The maximum Gasteiger partial charge on any atom is 0.174 e. The van der Waals surface area contributed by atoms with Crippen LogP contribution in [0, 0.1) is 11.3 Å². The van der Waals surface area contributed by atoms with E-state index in [1.54, 1.807) is 0 Å². The Morgan fingerprint density at radius 1 is 1.00 bits per heavy atom. The van der Waals surface area contributed by atoms with Crippen molar-refractivity contribution in [1.82, 2.24) is 0 Å². The molecule has 0 aromatic heterocycles. The van der Waals surface area contributed by atoms with E-state index < -0.39 is 0 Å². The molecule has 90 valence electrons. The van der Waals surface area contributed by atoms with Crippen LogP contribution in [0.4, 0.5) is 5.69 Å². The highest BCUT2D eigenvalue weighted by atomic mass is 16.5. The molecule has 18 heavy (non-hydrogen) atoms. The van der Waals surface area contributed by atoms with Crippen LogP contribution in [-0.2, 0) is 6.54 Å². The number of nitriles is 1. The number of anilines is 1. The molecule has 3 nitrogen and oxygen atoms in total. The van der Waals surface area contributed by atoms with Crippen LogP contribution in [0.2, 0.25) is 0 Å². The third kappa shape index (κ3) is 3.53. The van der Waals surface area contributed by atoms with Gasteiger partial charge in [0, 0.05) is 12.2 Å². The number of nitrogens with one attached hydrogen (secondary N) is 1. The summed E-state index contributed by atoms with van der Waals surface area (Å²) >= 11 is 0. The molecule has 1 N–H and O–H groups in total. The standard InChI is InChI=1S/C15H14N2O/c16-10-11-18-15-8-6-14(7-9-15)17-12-13-4-2-1-3-5-13/h1-9,17H,11-12H2. The summed E-state index contributed by atoms with van der Waals surface area (Å²) in [6.45, 7) is 0.871. The van der Waals surface area contributed by atoms with Gasteiger partial charge < -0.3 is 10.1 Å². The first-order chi connectivity index (χ1) is 8.88. The second-order valence-corrected chi connectivity index (χ2v) is 3.81. The van der Waals surface area contributed by atoms with Crippen LogP contribution >= 0.6 is 0 Å². The number of ether oxygens (including phenoxy) is 1. The van der Waals surface area contributed by atoms with E-state index in [1.807, 2.05) is 48.5 Å². The number of rotatable bonds is 5. The minimum Gasteiger partial charge on any atom is -0.479 e. The lowest BCUT2D eigenvalue weighted by atomic mass is 10.2. The predicted molar refractivity (Wildman–Crippen MR) is 71.3 cm³/mol. The molecule has 0 amide bonds. The van der Waals surface area contributed by atoms with Gasteiger partial charge in [-0.3, -0.25) is 0 Å². The molecule has 0 fully saturated rings. The summed E-state index contributed by atoms with van der Waals surface area (Å²) in [4.78, 5) is 0. The molecule has 0 aliphatic heterocycles. The molecule has 0 radical (unpaired) electrons. The Kier molecular flexibility index (Phi) is 4.21. The lowest BCUT2D eigenvalue weighted by molar-refractivity contribution is 0.368. The molecular formula is C15H14N2O. The van der Waals surface area contributed by atoms with Gasteiger partial charge >= 0.3 is 0 Å². The summed E-state index contributed by atoms with van der Waals surface area (Å²) in [5, 5.41) is 11.7. The summed E-state index contributed by atoms with van der Waals surface area (Å²) in [5.41, 5.74) is 2.27. The third-order valence-electron chi connectivity index (χ3n) is 2.50. The largest absolute Gasteiger partial charge is 0.479 e. The van der Waals surface area contributed by atoms with E-state index in [2.05, 4.69) is 17.4 Å². The average molecular weight is 238 g/mol. The lowest BCUT2D eigenvalue weighted by Gasteiger charge is -2.07. The molecule has 3 heteroatoms. The number of hydrogen-bond donors (Lipinski definition) is 1. The first kappa shape index (κ1) is 12.0. The summed E-state index contributed by atoms with van der Waals surface area (Å²) in [6.07, 6.45) is 0. The topological polar surface area (TPSA) is 45.0 Å². The molecule has 0 saturated heterocycles. The normalized spacial score (nSPS) is 9.50. The van der Waals surface area contributed by atoms with E-state index in [1.165, 1.54) is 5.56 Å². The zero-order chi connectivity index (χ0) is 12.6. The lowest BCUT2D eigenvalue weighted by Crippen LogP contribution is -1.99. The van der Waals surface area contributed by atoms with E-state index >= 15 is 0 Å². The van der Waals surface area contributed by atoms with Gasteiger partial charge in [0.25, 0.3) is 0 Å². The van der Waals surface area contributed by atoms with Crippen molar-refractivity contribution in [3.8, 4) is 11.8 Å². The van der Waals surface area contributed by atoms with Crippen molar-refractivity contribution in [3.63, 3.8) is 0 Å². The molecule has 2 aromatic rings. The third-order valence-corrected chi connectivity index (χ3v) is 2.50. The van der Waals surface area contributed by atoms with Gasteiger partial charge in [0.2, 0.25) is 0 Å². The van der Waals surface area contributed by atoms with Crippen molar-refractivity contribution in [2.24, 2.45) is 0 Å². The van der Waals surface area contributed by atoms with E-state index in [0.29, 0.717) is 5.75 Å². The molecular weight excluding hydrogens is 224 g/mol. The van der Waals surface area contributed by atoms with Gasteiger partial charge in [-0.1, -0.05) is 30.3 Å². The summed E-state index contributed by atoms with van der Waals surface area (Å²) in [7, 11) is 0. The van der Waals surface area contributed by atoms with Crippen LogP contribution in [0.1, 0.15) is 5.56 Å². The van der Waals surface area contributed by atoms with Gasteiger partial charge in [-0.05, 0) is 29.8 Å². The Labute approximate surface area is 107 Å². The molecule has 0 atom stereocenters. The first-order valence-electron chi connectivity index (χ1n) is 5.76. The van der Waals surface area contributed by atoms with Crippen LogP contribution in [0.3, 0.4) is 0 Å². The van der Waals surface area contributed by atoms with Crippen molar-refractivity contribution in [2.75, 3.05) is 11.9 Å². The molecule has 0 aliphatic rings. The van der Waals surface area contributed by atoms with E-state index in [4.69, 9.17) is 10.00 Å². The first-order valence-corrected chi connectivity index (χ1v) is 5.76. The molecule has 0 saturated carbocycles. The van der Waals surface area contributed by atoms with Crippen molar-refractivity contribution < 1.29 is 4.74 Å². The monoisotopic (exact) mass is 238 g/mol. The Hall–Kier alpha value is -2.47. The van der Waals surface area contributed by atoms with Crippen molar-refractivity contribution in [3.05, 3.63) is 60.2 Å². The van der Waals surface area contributed by atoms with Gasteiger partial charge in [0.15, 0.2) is 6.61 Å². The minimum atomic E-state index is 0.0801. The molecule has 2 aromatic carbocycles. The summed E-state index contributed by atoms with van der Waals surface area (Å²) in [5.74, 6) is 0.710. The Morgan fingerprint density at radius 3 is 2.39 bits per heavy atom. The molecule has 0 spiro atoms.